The molecule has 2 aromatic heterocycles. The van der Waals surface area contributed by atoms with Gasteiger partial charge in [-0.15, -0.1) is 0 Å². The molecule has 0 atom stereocenters. The normalized spacial score (nSPS) is 11.0. The van der Waals surface area contributed by atoms with E-state index < -0.39 is 0 Å². The SMILES string of the molecule is COc1cccc(COCCOCc2coc(N(Cc3ccc(-n4cccn4)cc3)Cc3cccc(OC)c3)n2)c1. The zero-order chi connectivity index (χ0) is 28.3. The van der Waals surface area contributed by atoms with Gasteiger partial charge in [0, 0.05) is 25.5 Å². The van der Waals surface area contributed by atoms with E-state index in [0.717, 1.165) is 39.6 Å². The maximum atomic E-state index is 5.91. The number of aromatic nitrogens is 3. The predicted molar refractivity (Wildman–Crippen MR) is 155 cm³/mol. The number of nitrogens with zero attached hydrogens (tertiary/aromatic N) is 4. The topological polar surface area (TPSA) is 84.0 Å². The van der Waals surface area contributed by atoms with Gasteiger partial charge in [0.05, 0.1) is 46.3 Å². The van der Waals surface area contributed by atoms with Gasteiger partial charge in [-0.1, -0.05) is 36.4 Å². The van der Waals surface area contributed by atoms with E-state index in [-0.39, 0.29) is 0 Å². The molecular weight excluding hydrogens is 520 g/mol. The lowest BCUT2D eigenvalue weighted by atomic mass is 10.1. The van der Waals surface area contributed by atoms with Crippen molar-refractivity contribution < 1.29 is 23.4 Å². The van der Waals surface area contributed by atoms with Gasteiger partial charge in [0.1, 0.15) is 23.5 Å². The molecule has 2 heterocycles. The second-order valence-electron chi connectivity index (χ2n) is 9.40. The van der Waals surface area contributed by atoms with E-state index in [9.17, 15) is 0 Å². The van der Waals surface area contributed by atoms with E-state index in [0.29, 0.717) is 45.5 Å². The molecule has 212 valence electrons. The van der Waals surface area contributed by atoms with Gasteiger partial charge >= 0.3 is 0 Å². The van der Waals surface area contributed by atoms with Gasteiger partial charge in [-0.25, -0.2) is 4.68 Å². The van der Waals surface area contributed by atoms with Crippen molar-refractivity contribution in [1.29, 1.82) is 0 Å². The highest BCUT2D eigenvalue weighted by molar-refractivity contribution is 5.38. The minimum absolute atomic E-state index is 0.331. The zero-order valence-electron chi connectivity index (χ0n) is 23.3. The van der Waals surface area contributed by atoms with Crippen LogP contribution in [0.15, 0.2) is 102 Å². The summed E-state index contributed by atoms with van der Waals surface area (Å²) in [6.07, 6.45) is 5.34. The molecule has 5 aromatic rings. The monoisotopic (exact) mass is 554 g/mol. The first kappa shape index (κ1) is 27.9. The van der Waals surface area contributed by atoms with Crippen LogP contribution in [0.2, 0.25) is 0 Å². The number of ether oxygens (including phenoxy) is 4. The van der Waals surface area contributed by atoms with Crippen LogP contribution in [0.4, 0.5) is 6.01 Å². The number of anilines is 1. The van der Waals surface area contributed by atoms with Gasteiger partial charge in [0.25, 0.3) is 6.01 Å². The summed E-state index contributed by atoms with van der Waals surface area (Å²) in [5.74, 6) is 1.62. The van der Waals surface area contributed by atoms with Crippen LogP contribution in [0.3, 0.4) is 0 Å². The molecule has 0 aliphatic carbocycles. The van der Waals surface area contributed by atoms with Crippen molar-refractivity contribution in [2.24, 2.45) is 0 Å². The molecule has 3 aromatic carbocycles. The Morgan fingerprint density at radius 2 is 1.44 bits per heavy atom. The molecule has 0 saturated carbocycles. The van der Waals surface area contributed by atoms with E-state index >= 15 is 0 Å². The first-order chi connectivity index (χ1) is 20.2. The molecule has 0 bridgehead atoms. The summed E-state index contributed by atoms with van der Waals surface area (Å²) < 4.78 is 30.0. The quantitative estimate of drug-likeness (QED) is 0.150. The minimum Gasteiger partial charge on any atom is -0.497 e. The molecule has 0 N–H and O–H groups in total. The minimum atomic E-state index is 0.331. The van der Waals surface area contributed by atoms with Crippen LogP contribution in [0.5, 0.6) is 11.5 Å². The molecule has 41 heavy (non-hydrogen) atoms. The number of hydrogen-bond acceptors (Lipinski definition) is 8. The highest BCUT2D eigenvalue weighted by Gasteiger charge is 2.16. The Morgan fingerprint density at radius 3 is 2.15 bits per heavy atom. The maximum Gasteiger partial charge on any atom is 0.298 e. The lowest BCUT2D eigenvalue weighted by molar-refractivity contribution is 0.0328. The maximum absolute atomic E-state index is 5.91. The van der Waals surface area contributed by atoms with E-state index in [1.54, 1.807) is 26.7 Å². The molecule has 9 heteroatoms. The van der Waals surface area contributed by atoms with Crippen molar-refractivity contribution in [2.45, 2.75) is 26.3 Å². The molecule has 0 saturated heterocycles. The van der Waals surface area contributed by atoms with Crippen LogP contribution in [-0.2, 0) is 35.8 Å². The summed E-state index contributed by atoms with van der Waals surface area (Å²) in [5.41, 5.74) is 4.98. The summed E-state index contributed by atoms with van der Waals surface area (Å²) in [5, 5.41) is 4.31. The summed E-state index contributed by atoms with van der Waals surface area (Å²) in [7, 11) is 3.32. The Morgan fingerprint density at radius 1 is 0.756 bits per heavy atom. The van der Waals surface area contributed by atoms with Crippen molar-refractivity contribution >= 4 is 6.01 Å². The summed E-state index contributed by atoms with van der Waals surface area (Å²) in [6, 6.07) is 26.5. The largest absolute Gasteiger partial charge is 0.497 e. The van der Waals surface area contributed by atoms with E-state index in [1.807, 2.05) is 59.4 Å². The molecule has 0 spiro atoms. The Kier molecular flexibility index (Phi) is 9.65. The van der Waals surface area contributed by atoms with Crippen LogP contribution in [0.25, 0.3) is 5.69 Å². The van der Waals surface area contributed by atoms with Gasteiger partial charge in [-0.3, -0.25) is 0 Å². The molecular formula is C32H34N4O5. The smallest absolute Gasteiger partial charge is 0.298 e. The fraction of sp³-hybridized carbons (Fsp3) is 0.250. The van der Waals surface area contributed by atoms with Gasteiger partial charge in [0.15, 0.2) is 0 Å². The third-order valence-corrected chi connectivity index (χ3v) is 6.42. The highest BCUT2D eigenvalue weighted by atomic mass is 16.5. The van der Waals surface area contributed by atoms with Crippen LogP contribution < -0.4 is 14.4 Å². The van der Waals surface area contributed by atoms with Crippen molar-refractivity contribution in [2.75, 3.05) is 32.3 Å². The van der Waals surface area contributed by atoms with Gasteiger partial charge < -0.3 is 28.3 Å². The fourth-order valence-corrected chi connectivity index (χ4v) is 4.33. The third kappa shape index (κ3) is 7.97. The van der Waals surface area contributed by atoms with Crippen molar-refractivity contribution in [1.82, 2.24) is 14.8 Å². The average Bonchev–Trinajstić information content (AvgIpc) is 3.72. The first-order valence-electron chi connectivity index (χ1n) is 13.4. The Hall–Kier alpha value is -4.60. The molecule has 9 nitrogen and oxygen atoms in total. The molecule has 0 fully saturated rings. The van der Waals surface area contributed by atoms with Gasteiger partial charge in [0.2, 0.25) is 0 Å². The Labute approximate surface area is 239 Å². The van der Waals surface area contributed by atoms with Gasteiger partial charge in [-0.2, -0.15) is 10.1 Å². The lowest BCUT2D eigenvalue weighted by Crippen LogP contribution is -2.22. The average molecular weight is 555 g/mol. The summed E-state index contributed by atoms with van der Waals surface area (Å²) in [4.78, 5) is 6.82. The van der Waals surface area contributed by atoms with Crippen LogP contribution in [-0.4, -0.2) is 42.2 Å². The van der Waals surface area contributed by atoms with E-state index in [1.165, 1.54) is 0 Å². The number of methoxy groups -OCH3 is 2. The van der Waals surface area contributed by atoms with Crippen LogP contribution >= 0.6 is 0 Å². The molecule has 5 rings (SSSR count). The number of benzene rings is 3. The third-order valence-electron chi connectivity index (χ3n) is 6.42. The molecule has 0 unspecified atom stereocenters. The van der Waals surface area contributed by atoms with Crippen molar-refractivity contribution in [3.05, 3.63) is 120 Å². The number of rotatable bonds is 15. The van der Waals surface area contributed by atoms with Gasteiger partial charge in [-0.05, 0) is 59.2 Å². The van der Waals surface area contributed by atoms with Crippen LogP contribution in [0.1, 0.15) is 22.4 Å². The number of hydrogen-bond donors (Lipinski definition) is 0. The predicted octanol–water partition coefficient (Wildman–Crippen LogP) is 5.82. The summed E-state index contributed by atoms with van der Waals surface area (Å²) in [6.45, 7) is 2.95. The van der Waals surface area contributed by atoms with Crippen molar-refractivity contribution in [3.63, 3.8) is 0 Å². The van der Waals surface area contributed by atoms with Crippen LogP contribution in [0, 0.1) is 0 Å². The second kappa shape index (κ2) is 14.2. The molecule has 0 aliphatic heterocycles. The molecule has 0 radical (unpaired) electrons. The summed E-state index contributed by atoms with van der Waals surface area (Å²) >= 11 is 0. The molecule has 0 aliphatic rings. The Bertz CT molecular complexity index is 1480. The first-order valence-corrected chi connectivity index (χ1v) is 13.4. The fourth-order valence-electron chi connectivity index (χ4n) is 4.33. The second-order valence-corrected chi connectivity index (χ2v) is 9.40. The standard InChI is InChI=1S/C32H34N4O5/c1-37-30-8-3-6-26(18-30)21-35(20-25-10-12-29(13-11-25)36-15-5-14-33-36)32-34-28(24-41-32)23-40-17-16-39-22-27-7-4-9-31(19-27)38-2/h3-15,18-19,24H,16-17,20-23H2,1-2H3. The van der Waals surface area contributed by atoms with Crippen molar-refractivity contribution in [3.8, 4) is 17.2 Å². The number of oxazole rings is 1. The van der Waals surface area contributed by atoms with E-state index in [4.69, 9.17) is 28.3 Å². The van der Waals surface area contributed by atoms with E-state index in [2.05, 4.69) is 40.3 Å². The zero-order valence-corrected chi connectivity index (χ0v) is 23.3. The highest BCUT2D eigenvalue weighted by Crippen LogP contribution is 2.23. The lowest BCUT2D eigenvalue weighted by Gasteiger charge is -2.21. The Balaban J connectivity index is 1.18. The molecule has 0 amide bonds.